The lowest BCUT2D eigenvalue weighted by Gasteiger charge is -2.26. The summed E-state index contributed by atoms with van der Waals surface area (Å²) in [6.45, 7) is 4.71. The third kappa shape index (κ3) is 2.50. The minimum atomic E-state index is -3.46. The normalized spacial score (nSPS) is 27.7. The topological polar surface area (TPSA) is 98.5 Å². The third-order valence-electron chi connectivity index (χ3n) is 4.19. The van der Waals surface area contributed by atoms with Crippen LogP contribution in [0.1, 0.15) is 32.8 Å². The summed E-state index contributed by atoms with van der Waals surface area (Å²) < 4.78 is 37.5. The highest BCUT2D eigenvalue weighted by Gasteiger charge is 2.44. The predicted octanol–water partition coefficient (Wildman–Crippen LogP) is 1.58. The van der Waals surface area contributed by atoms with Crippen LogP contribution in [0.2, 0.25) is 0 Å². The highest BCUT2D eigenvalue weighted by Crippen LogP contribution is 2.37. The quantitative estimate of drug-likeness (QED) is 0.769. The van der Waals surface area contributed by atoms with E-state index in [4.69, 9.17) is 11.5 Å². The molecule has 0 bridgehead atoms. The van der Waals surface area contributed by atoms with Crippen LogP contribution in [0, 0.1) is 5.82 Å². The maximum Gasteiger partial charge on any atom is 0.162 e. The van der Waals surface area contributed by atoms with Gasteiger partial charge in [-0.25, -0.2) is 12.8 Å². The van der Waals surface area contributed by atoms with Crippen LogP contribution in [0.3, 0.4) is 0 Å². The minimum Gasteiger partial charge on any atom is -0.399 e. The van der Waals surface area contributed by atoms with Gasteiger partial charge in [-0.15, -0.1) is 0 Å². The van der Waals surface area contributed by atoms with Crippen molar-refractivity contribution in [3.63, 3.8) is 0 Å². The number of benzene rings is 1. The standard InChI is InChI=1S/C14H20FN3O2S/c1-13(2)12(17)18-14(3,6-7-21(13,19)20)10-8-9(16)4-5-11(10)15/h4-5,8H,6-7,16H2,1-3H3,(H2,17,18). The lowest BCUT2D eigenvalue weighted by atomic mass is 9.89. The molecule has 0 saturated carbocycles. The van der Waals surface area contributed by atoms with Crippen LogP contribution in [0.25, 0.3) is 0 Å². The van der Waals surface area contributed by atoms with Gasteiger partial charge >= 0.3 is 0 Å². The Morgan fingerprint density at radius 3 is 2.48 bits per heavy atom. The Morgan fingerprint density at radius 1 is 1.24 bits per heavy atom. The number of nitrogen functional groups attached to an aromatic ring is 1. The molecule has 0 radical (unpaired) electrons. The second-order valence-corrected chi connectivity index (χ2v) is 8.75. The molecule has 0 spiro atoms. The lowest BCUT2D eigenvalue weighted by Crippen LogP contribution is -2.45. The van der Waals surface area contributed by atoms with Gasteiger partial charge in [0.05, 0.1) is 11.3 Å². The summed E-state index contributed by atoms with van der Waals surface area (Å²) in [6, 6.07) is 4.19. The van der Waals surface area contributed by atoms with E-state index in [1.54, 1.807) is 6.92 Å². The molecule has 7 heteroatoms. The summed E-state index contributed by atoms with van der Waals surface area (Å²) in [5.74, 6) is -0.598. The molecule has 0 aliphatic carbocycles. The molecule has 0 saturated heterocycles. The van der Waals surface area contributed by atoms with Gasteiger partial charge in [0.25, 0.3) is 0 Å². The third-order valence-corrected chi connectivity index (χ3v) is 6.70. The van der Waals surface area contributed by atoms with Crippen LogP contribution in [0.4, 0.5) is 10.1 Å². The number of amidine groups is 1. The molecule has 1 atom stereocenters. The fourth-order valence-electron chi connectivity index (χ4n) is 2.35. The van der Waals surface area contributed by atoms with Gasteiger partial charge in [-0.3, -0.25) is 4.99 Å². The van der Waals surface area contributed by atoms with Crippen LogP contribution in [-0.2, 0) is 15.4 Å². The molecule has 1 unspecified atom stereocenters. The number of sulfone groups is 1. The van der Waals surface area contributed by atoms with Gasteiger partial charge in [0, 0.05) is 11.3 Å². The summed E-state index contributed by atoms with van der Waals surface area (Å²) in [5, 5.41) is 0. The average Bonchev–Trinajstić information content (AvgIpc) is 2.43. The van der Waals surface area contributed by atoms with Crippen molar-refractivity contribution in [1.82, 2.24) is 0 Å². The van der Waals surface area contributed by atoms with E-state index in [2.05, 4.69) is 4.99 Å². The van der Waals surface area contributed by atoms with E-state index in [0.717, 1.165) is 0 Å². The predicted molar refractivity (Wildman–Crippen MR) is 82.3 cm³/mol. The van der Waals surface area contributed by atoms with Crippen LogP contribution in [-0.4, -0.2) is 24.8 Å². The molecule has 1 heterocycles. The fraction of sp³-hybridized carbons (Fsp3) is 0.500. The zero-order valence-electron chi connectivity index (χ0n) is 12.4. The number of anilines is 1. The smallest absolute Gasteiger partial charge is 0.162 e. The van der Waals surface area contributed by atoms with Gasteiger partial charge < -0.3 is 11.5 Å². The maximum atomic E-state index is 14.1. The van der Waals surface area contributed by atoms with Crippen molar-refractivity contribution >= 4 is 21.4 Å². The van der Waals surface area contributed by atoms with Crippen molar-refractivity contribution in [2.24, 2.45) is 10.7 Å². The Hall–Kier alpha value is -1.63. The first kappa shape index (κ1) is 15.8. The summed E-state index contributed by atoms with van der Waals surface area (Å²) >= 11 is 0. The largest absolute Gasteiger partial charge is 0.399 e. The molecule has 116 valence electrons. The van der Waals surface area contributed by atoms with Gasteiger partial charge in [0.15, 0.2) is 9.84 Å². The molecule has 1 aromatic carbocycles. The van der Waals surface area contributed by atoms with E-state index in [-0.39, 0.29) is 23.6 Å². The van der Waals surface area contributed by atoms with Crippen molar-refractivity contribution in [2.75, 3.05) is 11.5 Å². The molecule has 1 aliphatic rings. The molecule has 5 nitrogen and oxygen atoms in total. The van der Waals surface area contributed by atoms with Crippen molar-refractivity contribution in [2.45, 2.75) is 37.5 Å². The van der Waals surface area contributed by atoms with Crippen LogP contribution in [0.5, 0.6) is 0 Å². The second-order valence-electron chi connectivity index (χ2n) is 6.09. The molecule has 21 heavy (non-hydrogen) atoms. The second kappa shape index (κ2) is 4.69. The van der Waals surface area contributed by atoms with Gasteiger partial charge in [0.2, 0.25) is 0 Å². The molecule has 1 aliphatic heterocycles. The van der Waals surface area contributed by atoms with Crippen molar-refractivity contribution < 1.29 is 12.8 Å². The zero-order valence-corrected chi connectivity index (χ0v) is 13.2. The van der Waals surface area contributed by atoms with E-state index in [1.165, 1.54) is 32.0 Å². The number of nitrogens with zero attached hydrogens (tertiary/aromatic N) is 1. The van der Waals surface area contributed by atoms with Gasteiger partial charge in [-0.1, -0.05) is 0 Å². The first-order valence-electron chi connectivity index (χ1n) is 6.63. The van der Waals surface area contributed by atoms with Crippen molar-refractivity contribution in [3.8, 4) is 0 Å². The fourth-order valence-corrected chi connectivity index (χ4v) is 3.90. The Bertz CT molecular complexity index is 713. The molecule has 0 aromatic heterocycles. The van der Waals surface area contributed by atoms with Crippen LogP contribution < -0.4 is 11.5 Å². The molecule has 4 N–H and O–H groups in total. The number of aliphatic imine (C=N–C) groups is 1. The number of hydrogen-bond acceptors (Lipinski definition) is 5. The summed E-state index contributed by atoms with van der Waals surface area (Å²) in [4.78, 5) is 4.35. The summed E-state index contributed by atoms with van der Waals surface area (Å²) in [6.07, 6.45) is 0.153. The Kier molecular flexibility index (Phi) is 3.52. The van der Waals surface area contributed by atoms with E-state index in [0.29, 0.717) is 5.69 Å². The van der Waals surface area contributed by atoms with Crippen LogP contribution in [0.15, 0.2) is 23.2 Å². The van der Waals surface area contributed by atoms with Gasteiger partial charge in [0.1, 0.15) is 16.4 Å². The number of halogens is 1. The molecule has 0 amide bonds. The highest BCUT2D eigenvalue weighted by molar-refractivity contribution is 7.93. The maximum absolute atomic E-state index is 14.1. The number of hydrogen-bond donors (Lipinski definition) is 2. The summed E-state index contributed by atoms with van der Waals surface area (Å²) in [7, 11) is -3.46. The van der Waals surface area contributed by atoms with Crippen LogP contribution >= 0.6 is 0 Å². The molecule has 0 fully saturated rings. The SMILES string of the molecule is CC1(c2cc(N)ccc2F)CCS(=O)(=O)C(C)(C)C(N)=N1. The van der Waals surface area contributed by atoms with E-state index < -0.39 is 25.9 Å². The average molecular weight is 313 g/mol. The van der Waals surface area contributed by atoms with E-state index in [1.807, 2.05) is 0 Å². The Labute approximate surface area is 124 Å². The first-order valence-corrected chi connectivity index (χ1v) is 8.28. The highest BCUT2D eigenvalue weighted by atomic mass is 32.2. The first-order chi connectivity index (χ1) is 9.49. The number of rotatable bonds is 1. The number of nitrogens with two attached hydrogens (primary N) is 2. The van der Waals surface area contributed by atoms with E-state index >= 15 is 0 Å². The minimum absolute atomic E-state index is 0.00988. The lowest BCUT2D eigenvalue weighted by molar-refractivity contribution is 0.450. The monoisotopic (exact) mass is 313 g/mol. The molecular formula is C14H20FN3O2S. The summed E-state index contributed by atoms with van der Waals surface area (Å²) in [5.41, 5.74) is 11.2. The Balaban J connectivity index is 2.64. The van der Waals surface area contributed by atoms with E-state index in [9.17, 15) is 12.8 Å². The van der Waals surface area contributed by atoms with Gasteiger partial charge in [-0.2, -0.15) is 0 Å². The Morgan fingerprint density at radius 2 is 1.86 bits per heavy atom. The molecular weight excluding hydrogens is 293 g/mol. The zero-order chi connectivity index (χ0) is 16.1. The van der Waals surface area contributed by atoms with Crippen molar-refractivity contribution in [3.05, 3.63) is 29.6 Å². The van der Waals surface area contributed by atoms with Gasteiger partial charge in [-0.05, 0) is 45.4 Å². The van der Waals surface area contributed by atoms with Crippen molar-refractivity contribution in [1.29, 1.82) is 0 Å². The molecule has 2 rings (SSSR count). The molecule has 1 aromatic rings.